The van der Waals surface area contributed by atoms with E-state index in [1.165, 1.54) is 25.5 Å². The van der Waals surface area contributed by atoms with E-state index in [0.717, 1.165) is 19.5 Å². The Morgan fingerprint density at radius 2 is 2.03 bits per heavy atom. The Morgan fingerprint density at radius 1 is 1.26 bits per heavy atom. The summed E-state index contributed by atoms with van der Waals surface area (Å²) in [6, 6.07) is 2.24. The first-order valence-corrected chi connectivity index (χ1v) is 11.6. The van der Waals surface area contributed by atoms with Gasteiger partial charge in [-0.15, -0.1) is 0 Å². The molecule has 1 aliphatic carbocycles. The number of carbonyl (C=O) groups is 2. The zero-order valence-corrected chi connectivity index (χ0v) is 18.2. The van der Waals surface area contributed by atoms with Gasteiger partial charge in [0.05, 0.1) is 18.2 Å². The van der Waals surface area contributed by atoms with Gasteiger partial charge in [0.25, 0.3) is 0 Å². The first kappa shape index (κ1) is 20.8. The average molecular weight is 430 g/mol. The highest BCUT2D eigenvalue weighted by Crippen LogP contribution is 2.35. The fraction of sp³-hybridized carbons (Fsp3) is 0.696. The number of likely N-dealkylation sites (tertiary alicyclic amines) is 1. The SMILES string of the molecule is CN(C1CCC1)[C@H]1C[C@H]2C(=O)NC3(CCN(Cc4ccncc4F)CC3)CC(=O)N2C1. The number of nitrogens with one attached hydrogen (secondary N) is 1. The highest BCUT2D eigenvalue weighted by molar-refractivity contribution is 5.92. The Labute approximate surface area is 183 Å². The third-order valence-corrected chi connectivity index (χ3v) is 8.07. The molecule has 2 atom stereocenters. The van der Waals surface area contributed by atoms with Crippen LogP contribution in [0.4, 0.5) is 4.39 Å². The number of halogens is 1. The molecule has 1 aromatic rings. The largest absolute Gasteiger partial charge is 0.348 e. The molecule has 168 valence electrons. The number of rotatable bonds is 4. The molecule has 8 heteroatoms. The second-order valence-corrected chi connectivity index (χ2v) is 9.89. The predicted octanol–water partition coefficient (Wildman–Crippen LogP) is 1.53. The number of piperidine rings is 1. The summed E-state index contributed by atoms with van der Waals surface area (Å²) in [5.74, 6) is -0.187. The molecular weight excluding hydrogens is 397 g/mol. The quantitative estimate of drug-likeness (QED) is 0.786. The second kappa shape index (κ2) is 8.13. The van der Waals surface area contributed by atoms with Crippen LogP contribution >= 0.6 is 0 Å². The number of fused-ring (bicyclic) bond motifs is 1. The molecule has 0 aromatic carbocycles. The standard InChI is InChI=1S/C23H32FN5O2/c1-27(17-3-2-4-17)18-11-20-22(31)26-23(12-21(30)29(20)15-18)6-9-28(10-7-23)14-16-5-8-25-13-19(16)24/h5,8,13,17-18,20H,2-4,6-7,9-12,14-15H2,1H3,(H,26,31)/t18-,20-/m0/s1. The molecule has 0 radical (unpaired) electrons. The number of hydrogen-bond donors (Lipinski definition) is 1. The summed E-state index contributed by atoms with van der Waals surface area (Å²) in [6.45, 7) is 2.64. The van der Waals surface area contributed by atoms with Gasteiger partial charge in [0, 0.05) is 50.0 Å². The van der Waals surface area contributed by atoms with E-state index in [0.29, 0.717) is 44.0 Å². The Balaban J connectivity index is 1.22. The number of nitrogens with zero attached hydrogens (tertiary/aromatic N) is 4. The topological polar surface area (TPSA) is 68.8 Å². The van der Waals surface area contributed by atoms with Gasteiger partial charge in [0.1, 0.15) is 11.9 Å². The summed E-state index contributed by atoms with van der Waals surface area (Å²) in [4.78, 5) is 36.6. The first-order chi connectivity index (χ1) is 14.9. The summed E-state index contributed by atoms with van der Waals surface area (Å²) in [5, 5.41) is 3.28. The van der Waals surface area contributed by atoms with Gasteiger partial charge in [-0.3, -0.25) is 24.4 Å². The van der Waals surface area contributed by atoms with Crippen molar-refractivity contribution in [2.24, 2.45) is 0 Å². The molecule has 0 bridgehead atoms. The van der Waals surface area contributed by atoms with Crippen molar-refractivity contribution in [1.82, 2.24) is 25.0 Å². The molecule has 1 saturated carbocycles. The number of pyridine rings is 1. The highest BCUT2D eigenvalue weighted by atomic mass is 19.1. The Bertz CT molecular complexity index is 824. The van der Waals surface area contributed by atoms with Gasteiger partial charge in [0.15, 0.2) is 0 Å². The second-order valence-electron chi connectivity index (χ2n) is 9.89. The third kappa shape index (κ3) is 3.96. The molecule has 31 heavy (non-hydrogen) atoms. The Hall–Kier alpha value is -2.06. The van der Waals surface area contributed by atoms with Crippen molar-refractivity contribution in [2.75, 3.05) is 26.7 Å². The minimum Gasteiger partial charge on any atom is -0.348 e. The summed E-state index contributed by atoms with van der Waals surface area (Å²) in [5.41, 5.74) is 0.162. The van der Waals surface area contributed by atoms with Gasteiger partial charge < -0.3 is 10.2 Å². The molecule has 5 rings (SSSR count). The van der Waals surface area contributed by atoms with Crippen molar-refractivity contribution in [3.05, 3.63) is 29.8 Å². The van der Waals surface area contributed by atoms with Crippen molar-refractivity contribution >= 4 is 11.8 Å². The number of carbonyl (C=O) groups excluding carboxylic acids is 2. The molecule has 4 aliphatic rings. The van der Waals surface area contributed by atoms with Crippen molar-refractivity contribution in [1.29, 1.82) is 0 Å². The molecule has 3 saturated heterocycles. The van der Waals surface area contributed by atoms with Crippen molar-refractivity contribution < 1.29 is 14.0 Å². The van der Waals surface area contributed by atoms with Crippen LogP contribution in [0, 0.1) is 5.82 Å². The van der Waals surface area contributed by atoms with Gasteiger partial charge >= 0.3 is 0 Å². The maximum Gasteiger partial charge on any atom is 0.243 e. The lowest BCUT2D eigenvalue weighted by molar-refractivity contribution is -0.135. The van der Waals surface area contributed by atoms with Crippen LogP contribution in [0.5, 0.6) is 0 Å². The van der Waals surface area contributed by atoms with Crippen molar-refractivity contribution in [3.63, 3.8) is 0 Å². The molecule has 2 amide bonds. The maximum absolute atomic E-state index is 13.9. The lowest BCUT2D eigenvalue weighted by Gasteiger charge is -2.41. The van der Waals surface area contributed by atoms with Gasteiger partial charge in [0.2, 0.25) is 11.8 Å². The Kier molecular flexibility index (Phi) is 5.46. The van der Waals surface area contributed by atoms with E-state index < -0.39 is 5.54 Å². The first-order valence-electron chi connectivity index (χ1n) is 11.6. The zero-order chi connectivity index (χ0) is 21.6. The number of likely N-dealkylation sites (N-methyl/N-ethyl adjacent to an activating group) is 1. The molecule has 0 unspecified atom stereocenters. The van der Waals surface area contributed by atoms with E-state index in [-0.39, 0.29) is 29.7 Å². The lowest BCUT2D eigenvalue weighted by Crippen LogP contribution is -2.56. The fourth-order valence-corrected chi connectivity index (χ4v) is 5.72. The molecule has 1 aromatic heterocycles. The van der Waals surface area contributed by atoms with E-state index >= 15 is 0 Å². The predicted molar refractivity (Wildman–Crippen MR) is 114 cm³/mol. The van der Waals surface area contributed by atoms with Gasteiger partial charge in [-0.05, 0) is 45.2 Å². The lowest BCUT2D eigenvalue weighted by atomic mass is 9.83. The molecule has 4 fully saturated rings. The van der Waals surface area contributed by atoms with E-state index in [4.69, 9.17) is 0 Å². The molecule has 7 nitrogen and oxygen atoms in total. The maximum atomic E-state index is 13.9. The van der Waals surface area contributed by atoms with Gasteiger partial charge in [-0.25, -0.2) is 4.39 Å². The molecule has 3 aliphatic heterocycles. The van der Waals surface area contributed by atoms with E-state index in [2.05, 4.69) is 27.1 Å². The summed E-state index contributed by atoms with van der Waals surface area (Å²) in [7, 11) is 2.14. The van der Waals surface area contributed by atoms with E-state index in [9.17, 15) is 14.0 Å². The van der Waals surface area contributed by atoms with Crippen LogP contribution in [0.1, 0.15) is 50.5 Å². The van der Waals surface area contributed by atoms with Crippen LogP contribution < -0.4 is 5.32 Å². The Morgan fingerprint density at radius 3 is 2.71 bits per heavy atom. The van der Waals surface area contributed by atoms with Crippen molar-refractivity contribution in [2.45, 2.75) is 75.2 Å². The van der Waals surface area contributed by atoms with E-state index in [1.54, 1.807) is 12.3 Å². The number of amides is 2. The van der Waals surface area contributed by atoms with Crippen LogP contribution in [-0.4, -0.2) is 81.8 Å². The highest BCUT2D eigenvalue weighted by Gasteiger charge is 2.50. The van der Waals surface area contributed by atoms with Crippen LogP contribution in [-0.2, 0) is 16.1 Å². The van der Waals surface area contributed by atoms with Crippen LogP contribution in [0.25, 0.3) is 0 Å². The van der Waals surface area contributed by atoms with Crippen molar-refractivity contribution in [3.8, 4) is 0 Å². The molecule has 1 N–H and O–H groups in total. The van der Waals surface area contributed by atoms with Crippen LogP contribution in [0.3, 0.4) is 0 Å². The summed E-state index contributed by atoms with van der Waals surface area (Å²) < 4.78 is 13.9. The molecule has 4 heterocycles. The monoisotopic (exact) mass is 429 g/mol. The third-order valence-electron chi connectivity index (χ3n) is 8.07. The van der Waals surface area contributed by atoms with Gasteiger partial charge in [-0.2, -0.15) is 0 Å². The minimum atomic E-state index is -0.471. The van der Waals surface area contributed by atoms with E-state index in [1.807, 2.05) is 4.90 Å². The summed E-state index contributed by atoms with van der Waals surface area (Å²) in [6.07, 6.45) is 9.10. The van der Waals surface area contributed by atoms with Crippen LogP contribution in [0.2, 0.25) is 0 Å². The van der Waals surface area contributed by atoms with Crippen LogP contribution in [0.15, 0.2) is 18.5 Å². The minimum absolute atomic E-state index is 0.00369. The zero-order valence-electron chi connectivity index (χ0n) is 18.2. The summed E-state index contributed by atoms with van der Waals surface area (Å²) >= 11 is 0. The normalized spacial score (nSPS) is 29.1. The number of aromatic nitrogens is 1. The fourth-order valence-electron chi connectivity index (χ4n) is 5.72. The smallest absolute Gasteiger partial charge is 0.243 e. The molecular formula is C23H32FN5O2. The number of hydrogen-bond acceptors (Lipinski definition) is 5. The average Bonchev–Trinajstić information content (AvgIpc) is 3.13. The van der Waals surface area contributed by atoms with Gasteiger partial charge in [-0.1, -0.05) is 6.42 Å². The molecule has 1 spiro atoms.